The van der Waals surface area contributed by atoms with Gasteiger partial charge in [0.15, 0.2) is 0 Å². The maximum atomic E-state index is 12.6. The monoisotopic (exact) mass is 472 g/mol. The van der Waals surface area contributed by atoms with Gasteiger partial charge in [0, 0.05) is 51.0 Å². The van der Waals surface area contributed by atoms with E-state index in [-0.39, 0.29) is 12.3 Å². The Morgan fingerprint density at radius 2 is 1.82 bits per heavy atom. The summed E-state index contributed by atoms with van der Waals surface area (Å²) in [7, 11) is 0. The largest absolute Gasteiger partial charge is 0.466 e. The molecule has 2 unspecified atom stereocenters. The van der Waals surface area contributed by atoms with Crippen LogP contribution >= 0.6 is 0 Å². The van der Waals surface area contributed by atoms with Crippen LogP contribution in [-0.4, -0.2) is 89.6 Å². The highest BCUT2D eigenvalue weighted by atomic mass is 16.5. The number of esters is 1. The average molecular weight is 473 g/mol. The number of carbonyl (C=O) groups is 2. The van der Waals surface area contributed by atoms with Crippen molar-refractivity contribution in [2.24, 2.45) is 0 Å². The zero-order chi connectivity index (χ0) is 23.8. The second-order valence-electron chi connectivity index (χ2n) is 9.74. The van der Waals surface area contributed by atoms with Gasteiger partial charge in [0.25, 0.3) is 0 Å². The van der Waals surface area contributed by atoms with Gasteiger partial charge in [-0.3, -0.25) is 14.5 Å². The third kappa shape index (κ3) is 6.81. The fourth-order valence-corrected chi connectivity index (χ4v) is 5.46. The normalized spacial score (nSPS) is 24.4. The zero-order valence-electron chi connectivity index (χ0n) is 20.6. The zero-order valence-corrected chi connectivity index (χ0v) is 20.6. The third-order valence-corrected chi connectivity index (χ3v) is 7.22. The van der Waals surface area contributed by atoms with Crippen LogP contribution in [0.15, 0.2) is 12.3 Å². The number of amides is 1. The molecule has 9 nitrogen and oxygen atoms in total. The smallest absolute Gasteiger partial charge is 0.315 e. The Kier molecular flexibility index (Phi) is 8.96. The van der Waals surface area contributed by atoms with Crippen molar-refractivity contribution < 1.29 is 14.3 Å². The van der Waals surface area contributed by atoms with Crippen LogP contribution in [0, 0.1) is 0 Å². The number of hydrogen-bond donors (Lipinski definition) is 1. The summed E-state index contributed by atoms with van der Waals surface area (Å²) in [4.78, 5) is 40.4. The molecule has 1 aromatic rings. The molecule has 2 atom stereocenters. The molecule has 0 saturated carbocycles. The number of nitrogens with one attached hydrogen (secondary N) is 1. The minimum Gasteiger partial charge on any atom is -0.466 e. The summed E-state index contributed by atoms with van der Waals surface area (Å²) >= 11 is 0. The summed E-state index contributed by atoms with van der Waals surface area (Å²) in [6.07, 6.45) is 11.0. The van der Waals surface area contributed by atoms with Gasteiger partial charge in [-0.05, 0) is 58.1 Å². The molecule has 4 rings (SSSR count). The first-order valence-corrected chi connectivity index (χ1v) is 13.1. The number of nitrogens with zero attached hydrogens (tertiary/aromatic N) is 5. The molecular weight excluding hydrogens is 432 g/mol. The number of hydrogen-bond acceptors (Lipinski definition) is 8. The van der Waals surface area contributed by atoms with Crippen molar-refractivity contribution in [1.82, 2.24) is 19.8 Å². The molecule has 0 aromatic carbocycles. The molecule has 0 bridgehead atoms. The number of likely N-dealkylation sites (tertiary alicyclic amines) is 2. The lowest BCUT2D eigenvalue weighted by Gasteiger charge is -2.43. The molecule has 3 aliphatic heterocycles. The van der Waals surface area contributed by atoms with Gasteiger partial charge in [0.05, 0.1) is 6.61 Å². The van der Waals surface area contributed by atoms with Crippen molar-refractivity contribution >= 4 is 23.6 Å². The van der Waals surface area contributed by atoms with E-state index in [1.807, 2.05) is 17.2 Å². The average Bonchev–Trinajstić information content (AvgIpc) is 3.14. The Balaban J connectivity index is 1.31. The lowest BCUT2D eigenvalue weighted by Crippen LogP contribution is -2.54. The van der Waals surface area contributed by atoms with Crippen LogP contribution in [0.3, 0.4) is 0 Å². The fraction of sp³-hybridized carbons (Fsp3) is 0.760. The Morgan fingerprint density at radius 3 is 2.62 bits per heavy atom. The minimum atomic E-state index is -0.431. The molecule has 1 N–H and O–H groups in total. The van der Waals surface area contributed by atoms with Gasteiger partial charge in [0.2, 0.25) is 11.9 Å². The van der Waals surface area contributed by atoms with Crippen LogP contribution in [0.4, 0.5) is 11.8 Å². The molecule has 4 heterocycles. The van der Waals surface area contributed by atoms with Crippen LogP contribution in [0.1, 0.15) is 64.7 Å². The Morgan fingerprint density at radius 1 is 1.03 bits per heavy atom. The highest BCUT2D eigenvalue weighted by Crippen LogP contribution is 2.23. The van der Waals surface area contributed by atoms with E-state index in [9.17, 15) is 9.59 Å². The molecule has 0 aliphatic carbocycles. The Labute approximate surface area is 203 Å². The number of rotatable bonds is 7. The van der Waals surface area contributed by atoms with E-state index in [2.05, 4.69) is 20.1 Å². The molecule has 3 fully saturated rings. The van der Waals surface area contributed by atoms with Gasteiger partial charge in [-0.25, -0.2) is 4.98 Å². The predicted molar refractivity (Wildman–Crippen MR) is 132 cm³/mol. The van der Waals surface area contributed by atoms with E-state index in [1.165, 1.54) is 25.7 Å². The lowest BCUT2D eigenvalue weighted by atomic mass is 9.98. The van der Waals surface area contributed by atoms with Crippen molar-refractivity contribution in [1.29, 1.82) is 0 Å². The first-order chi connectivity index (χ1) is 16.6. The second-order valence-corrected chi connectivity index (χ2v) is 9.74. The van der Waals surface area contributed by atoms with E-state index < -0.39 is 5.97 Å². The SMILES string of the molecule is CCOC(=O)CC(=O)N1CCCC(N2CCCC(Nc3nccc(N4CCCCCC4)n3)C2)C1. The molecule has 3 aliphatic rings. The highest BCUT2D eigenvalue weighted by molar-refractivity contribution is 5.94. The Bertz CT molecular complexity index is 814. The topological polar surface area (TPSA) is 90.9 Å². The van der Waals surface area contributed by atoms with E-state index in [1.54, 1.807) is 6.92 Å². The van der Waals surface area contributed by atoms with E-state index in [0.29, 0.717) is 31.2 Å². The molecule has 0 radical (unpaired) electrons. The fourth-order valence-electron chi connectivity index (χ4n) is 5.46. The number of ether oxygens (including phenoxy) is 1. The Hall–Kier alpha value is -2.42. The highest BCUT2D eigenvalue weighted by Gasteiger charge is 2.32. The van der Waals surface area contributed by atoms with Crippen molar-refractivity contribution in [3.8, 4) is 0 Å². The molecule has 1 aromatic heterocycles. The quantitative estimate of drug-likeness (QED) is 0.479. The molecule has 1 amide bonds. The van der Waals surface area contributed by atoms with Gasteiger partial charge < -0.3 is 19.9 Å². The summed E-state index contributed by atoms with van der Waals surface area (Å²) in [5.74, 6) is 1.19. The number of anilines is 2. The van der Waals surface area contributed by atoms with Crippen LogP contribution in [-0.2, 0) is 14.3 Å². The molecule has 188 valence electrons. The van der Waals surface area contributed by atoms with Crippen molar-refractivity contribution in [3.05, 3.63) is 12.3 Å². The maximum absolute atomic E-state index is 12.6. The minimum absolute atomic E-state index is 0.117. The molecule has 34 heavy (non-hydrogen) atoms. The standard InChI is InChI=1S/C25H40N6O3/c1-2-34-24(33)17-23(32)31-16-8-10-21(19-31)30-15-7-9-20(18-30)27-25-26-12-11-22(28-25)29-13-5-3-4-6-14-29/h11-12,20-21H,2-10,13-19H2,1H3,(H,26,27,28). The molecule has 9 heteroatoms. The predicted octanol–water partition coefficient (Wildman–Crippen LogP) is 2.68. The van der Waals surface area contributed by atoms with Gasteiger partial charge in [-0.1, -0.05) is 12.8 Å². The van der Waals surface area contributed by atoms with Crippen LogP contribution in [0.2, 0.25) is 0 Å². The van der Waals surface area contributed by atoms with Crippen LogP contribution < -0.4 is 10.2 Å². The lowest BCUT2D eigenvalue weighted by molar-refractivity contribution is -0.149. The summed E-state index contributed by atoms with van der Waals surface area (Å²) in [5.41, 5.74) is 0. The summed E-state index contributed by atoms with van der Waals surface area (Å²) in [5, 5.41) is 3.59. The first kappa shape index (κ1) is 24.7. The van der Waals surface area contributed by atoms with Crippen LogP contribution in [0.5, 0.6) is 0 Å². The van der Waals surface area contributed by atoms with Gasteiger partial charge in [-0.15, -0.1) is 0 Å². The maximum Gasteiger partial charge on any atom is 0.315 e. The summed E-state index contributed by atoms with van der Waals surface area (Å²) in [6, 6.07) is 2.64. The van der Waals surface area contributed by atoms with Crippen molar-refractivity contribution in [2.45, 2.75) is 76.8 Å². The van der Waals surface area contributed by atoms with Gasteiger partial charge in [0.1, 0.15) is 12.2 Å². The van der Waals surface area contributed by atoms with E-state index in [0.717, 1.165) is 64.2 Å². The number of piperidine rings is 2. The van der Waals surface area contributed by atoms with E-state index >= 15 is 0 Å². The summed E-state index contributed by atoms with van der Waals surface area (Å²) in [6.45, 7) is 7.58. The van der Waals surface area contributed by atoms with Crippen LogP contribution in [0.25, 0.3) is 0 Å². The van der Waals surface area contributed by atoms with Gasteiger partial charge in [-0.2, -0.15) is 4.98 Å². The third-order valence-electron chi connectivity index (χ3n) is 7.22. The first-order valence-electron chi connectivity index (χ1n) is 13.1. The molecule has 0 spiro atoms. The van der Waals surface area contributed by atoms with Crippen molar-refractivity contribution in [3.63, 3.8) is 0 Å². The number of aromatic nitrogens is 2. The second kappa shape index (κ2) is 12.3. The van der Waals surface area contributed by atoms with Crippen molar-refractivity contribution in [2.75, 3.05) is 56.1 Å². The number of carbonyl (C=O) groups excluding carboxylic acids is 2. The molecule has 3 saturated heterocycles. The van der Waals surface area contributed by atoms with Gasteiger partial charge >= 0.3 is 5.97 Å². The van der Waals surface area contributed by atoms with E-state index in [4.69, 9.17) is 9.72 Å². The summed E-state index contributed by atoms with van der Waals surface area (Å²) < 4.78 is 4.95. The molecular formula is C25H40N6O3.